The van der Waals surface area contributed by atoms with Crippen LogP contribution in [0.15, 0.2) is 12.1 Å². The molecule has 9 heteroatoms. The average Bonchev–Trinajstić information content (AvgIpc) is 2.60. The first kappa shape index (κ1) is 15.0. The predicted octanol–water partition coefficient (Wildman–Crippen LogP) is 2.63. The van der Waals surface area contributed by atoms with Crippen LogP contribution in [-0.2, 0) is 16.6 Å². The fraction of sp³-hybridized carbons (Fsp3) is 0.364. The number of rotatable bonds is 4. The largest absolute Gasteiger partial charge is 0.266 e. The Balaban J connectivity index is 2.73. The van der Waals surface area contributed by atoms with E-state index in [9.17, 15) is 17.2 Å². The molecule has 20 heavy (non-hydrogen) atoms. The highest BCUT2D eigenvalue weighted by Gasteiger charge is 2.19. The first-order valence-electron chi connectivity index (χ1n) is 5.60. The number of nitrogens with zero attached hydrogens (tertiary/aromatic N) is 2. The fourth-order valence-corrected chi connectivity index (χ4v) is 2.70. The monoisotopic (exact) mass is 323 g/mol. The molecule has 0 unspecified atom stereocenters. The van der Waals surface area contributed by atoms with Crippen LogP contribution in [0.1, 0.15) is 5.56 Å². The number of hydrogen-bond acceptors (Lipinski definition) is 3. The summed E-state index contributed by atoms with van der Waals surface area (Å²) in [6.07, 6.45) is -1.66. The van der Waals surface area contributed by atoms with Crippen LogP contribution in [0.5, 0.6) is 0 Å². The summed E-state index contributed by atoms with van der Waals surface area (Å²) in [5, 5.41) is 4.46. The van der Waals surface area contributed by atoms with E-state index < -0.39 is 23.0 Å². The zero-order valence-corrected chi connectivity index (χ0v) is 12.3. The number of sulfonamides is 1. The minimum atomic E-state index is -3.59. The number of alkyl halides is 2. The fourth-order valence-electron chi connectivity index (χ4n) is 1.96. The maximum absolute atomic E-state index is 12.6. The molecular weight excluding hydrogens is 312 g/mol. The van der Waals surface area contributed by atoms with Gasteiger partial charge in [-0.1, -0.05) is 17.7 Å². The second-order valence-corrected chi connectivity index (χ2v) is 6.54. The molecule has 110 valence electrons. The number of aromatic nitrogens is 2. The molecule has 2 rings (SSSR count). The van der Waals surface area contributed by atoms with Gasteiger partial charge in [0, 0.05) is 0 Å². The molecule has 0 radical (unpaired) electrons. The lowest BCUT2D eigenvalue weighted by atomic mass is 10.1. The van der Waals surface area contributed by atoms with Gasteiger partial charge < -0.3 is 0 Å². The summed E-state index contributed by atoms with van der Waals surface area (Å²) >= 11 is 6.04. The Labute approximate surface area is 119 Å². The van der Waals surface area contributed by atoms with Gasteiger partial charge >= 0.3 is 0 Å². The van der Waals surface area contributed by atoms with Crippen molar-refractivity contribution in [1.82, 2.24) is 9.78 Å². The predicted molar refractivity (Wildman–Crippen MR) is 74.0 cm³/mol. The highest BCUT2D eigenvalue weighted by atomic mass is 35.5. The molecule has 5 nitrogen and oxygen atoms in total. The quantitative estimate of drug-likeness (QED) is 0.940. The lowest BCUT2D eigenvalue weighted by Crippen LogP contribution is -2.12. The summed E-state index contributed by atoms with van der Waals surface area (Å²) in [6.45, 7) is 1.08. The number of aryl methyl sites for hydroxylation is 1. The summed E-state index contributed by atoms with van der Waals surface area (Å²) in [5.41, 5.74) is 1.07. The number of hydrogen-bond donors (Lipinski definition) is 1. The second-order valence-electron chi connectivity index (χ2n) is 4.38. The molecule has 2 aromatic rings. The maximum Gasteiger partial charge on any atom is 0.257 e. The van der Waals surface area contributed by atoms with E-state index in [2.05, 4.69) is 9.82 Å². The van der Waals surface area contributed by atoms with Crippen LogP contribution in [0.3, 0.4) is 0 Å². The summed E-state index contributed by atoms with van der Waals surface area (Å²) < 4.78 is 51.1. The minimum Gasteiger partial charge on any atom is -0.266 e. The third-order valence-corrected chi connectivity index (χ3v) is 3.52. The summed E-state index contributed by atoms with van der Waals surface area (Å²) in [4.78, 5) is 0. The molecular formula is C11H12ClF2N3O2S. The topological polar surface area (TPSA) is 64.0 Å². The van der Waals surface area contributed by atoms with Crippen molar-refractivity contribution < 1.29 is 17.2 Å². The molecule has 0 saturated heterocycles. The molecule has 1 aromatic carbocycles. The molecule has 0 aliphatic heterocycles. The Bertz CT molecular complexity index is 759. The normalized spacial score (nSPS) is 12.3. The van der Waals surface area contributed by atoms with Gasteiger partial charge in [0.05, 0.1) is 22.2 Å². The molecule has 0 aliphatic rings. The summed E-state index contributed by atoms with van der Waals surface area (Å²) in [7, 11) is -3.59. The zero-order valence-electron chi connectivity index (χ0n) is 10.7. The zero-order chi connectivity index (χ0) is 15.1. The molecule has 0 aliphatic carbocycles. The molecule has 0 fully saturated rings. The number of halogens is 3. The molecule has 0 amide bonds. The van der Waals surface area contributed by atoms with E-state index in [1.165, 1.54) is 0 Å². The molecule has 1 aromatic heterocycles. The Morgan fingerprint density at radius 3 is 2.65 bits per heavy atom. The Morgan fingerprint density at radius 2 is 2.10 bits per heavy atom. The minimum absolute atomic E-state index is 0.0446. The van der Waals surface area contributed by atoms with Crippen LogP contribution < -0.4 is 4.72 Å². The molecule has 0 bridgehead atoms. The standard InChI is InChI=1S/C11H12ClF2N3O2S/c1-6-3-4-7(12)9-10(6)17(5-8(13)14)15-11(9)16-20(2,18)19/h3-4,8H,5H2,1-2H3,(H,15,16). The van der Waals surface area contributed by atoms with Crippen molar-refractivity contribution in [2.45, 2.75) is 19.9 Å². The summed E-state index contributed by atoms with van der Waals surface area (Å²) in [6, 6.07) is 3.24. The van der Waals surface area contributed by atoms with Crippen LogP contribution in [0.25, 0.3) is 10.9 Å². The Morgan fingerprint density at radius 1 is 1.45 bits per heavy atom. The van der Waals surface area contributed by atoms with Gasteiger partial charge in [-0.05, 0) is 18.6 Å². The first-order valence-corrected chi connectivity index (χ1v) is 7.87. The smallest absolute Gasteiger partial charge is 0.257 e. The van der Waals surface area contributed by atoms with E-state index in [-0.39, 0.29) is 10.8 Å². The Kier molecular flexibility index (Phi) is 3.88. The maximum atomic E-state index is 12.6. The van der Waals surface area contributed by atoms with Gasteiger partial charge in [-0.15, -0.1) is 0 Å². The number of nitrogens with one attached hydrogen (secondary N) is 1. The van der Waals surface area contributed by atoms with Crippen LogP contribution in [-0.4, -0.2) is 30.9 Å². The van der Waals surface area contributed by atoms with Crippen LogP contribution in [0.2, 0.25) is 5.02 Å². The van der Waals surface area contributed by atoms with Crippen molar-refractivity contribution in [2.75, 3.05) is 11.0 Å². The Hall–Kier alpha value is -1.41. The van der Waals surface area contributed by atoms with Gasteiger partial charge in [-0.25, -0.2) is 17.2 Å². The van der Waals surface area contributed by atoms with E-state index in [4.69, 9.17) is 11.6 Å². The summed E-state index contributed by atoms with van der Waals surface area (Å²) in [5.74, 6) is -0.0446. The van der Waals surface area contributed by atoms with Crippen molar-refractivity contribution in [2.24, 2.45) is 0 Å². The van der Waals surface area contributed by atoms with E-state index in [0.717, 1.165) is 10.9 Å². The van der Waals surface area contributed by atoms with E-state index >= 15 is 0 Å². The van der Waals surface area contributed by atoms with Gasteiger partial charge in [0.15, 0.2) is 5.82 Å². The molecule has 0 saturated carbocycles. The van der Waals surface area contributed by atoms with Crippen molar-refractivity contribution in [3.63, 3.8) is 0 Å². The number of benzene rings is 1. The van der Waals surface area contributed by atoms with Crippen LogP contribution in [0, 0.1) is 6.92 Å². The van der Waals surface area contributed by atoms with E-state index in [0.29, 0.717) is 16.5 Å². The van der Waals surface area contributed by atoms with Gasteiger partial charge in [-0.2, -0.15) is 5.10 Å². The number of anilines is 1. The van der Waals surface area contributed by atoms with Gasteiger partial charge in [-0.3, -0.25) is 9.40 Å². The SMILES string of the molecule is Cc1ccc(Cl)c2c(NS(C)(=O)=O)nn(CC(F)F)c12. The molecule has 0 spiro atoms. The molecule has 1 heterocycles. The third-order valence-electron chi connectivity index (χ3n) is 2.64. The highest BCUT2D eigenvalue weighted by molar-refractivity contribution is 7.92. The van der Waals surface area contributed by atoms with Crippen molar-refractivity contribution in [3.05, 3.63) is 22.7 Å². The second kappa shape index (κ2) is 5.17. The van der Waals surface area contributed by atoms with Gasteiger partial charge in [0.25, 0.3) is 6.43 Å². The average molecular weight is 324 g/mol. The lowest BCUT2D eigenvalue weighted by Gasteiger charge is -2.05. The van der Waals surface area contributed by atoms with Crippen molar-refractivity contribution in [3.8, 4) is 0 Å². The highest BCUT2D eigenvalue weighted by Crippen LogP contribution is 2.33. The molecule has 0 atom stereocenters. The van der Waals surface area contributed by atoms with Crippen molar-refractivity contribution >= 4 is 38.3 Å². The van der Waals surface area contributed by atoms with Crippen LogP contribution in [0.4, 0.5) is 14.6 Å². The first-order chi connectivity index (χ1) is 9.19. The van der Waals surface area contributed by atoms with Crippen molar-refractivity contribution in [1.29, 1.82) is 0 Å². The third kappa shape index (κ3) is 3.01. The van der Waals surface area contributed by atoms with Gasteiger partial charge in [0.2, 0.25) is 10.0 Å². The number of fused-ring (bicyclic) bond motifs is 1. The molecule has 1 N–H and O–H groups in total. The lowest BCUT2D eigenvalue weighted by molar-refractivity contribution is 0.123. The van der Waals surface area contributed by atoms with Gasteiger partial charge in [0.1, 0.15) is 6.54 Å². The van der Waals surface area contributed by atoms with E-state index in [1.807, 2.05) is 0 Å². The van der Waals surface area contributed by atoms with E-state index in [1.54, 1.807) is 19.1 Å². The van der Waals surface area contributed by atoms with Crippen LogP contribution >= 0.6 is 11.6 Å².